The second-order valence-corrected chi connectivity index (χ2v) is 8.78. The summed E-state index contributed by atoms with van der Waals surface area (Å²) in [4.78, 5) is 4.20. The molecule has 2 aromatic carbocycles. The van der Waals surface area contributed by atoms with Gasteiger partial charge in [0.25, 0.3) is 10.1 Å². The number of halogens is 6. The van der Waals surface area contributed by atoms with Crippen LogP contribution in [0.15, 0.2) is 57.7 Å². The highest BCUT2D eigenvalue weighted by molar-refractivity contribution is 7.85. The maximum atomic E-state index is 13.2. The molecule has 172 valence electrons. The fourth-order valence-corrected chi connectivity index (χ4v) is 4.33. The molecule has 0 saturated heterocycles. The van der Waals surface area contributed by atoms with Gasteiger partial charge in [-0.2, -0.15) is 34.8 Å². The lowest BCUT2D eigenvalue weighted by molar-refractivity contribution is -0.143. The third-order valence-electron chi connectivity index (χ3n) is 4.36. The molecule has 0 bridgehead atoms. The standard InChI is InChI=1S/C19H14F6N2O3S2/c1-2-27-16(11-7-12(18(20,21)22)9-13(8-11)19(23,24)25)10-31-17(27)26-14-3-5-15(6-4-14)32(28,29)30/h3-10H,2H2,1H3,(H,28,29,30)/b26-17-. The van der Waals surface area contributed by atoms with Crippen LogP contribution in [0.5, 0.6) is 0 Å². The van der Waals surface area contributed by atoms with Gasteiger partial charge in [0.05, 0.1) is 27.4 Å². The lowest BCUT2D eigenvalue weighted by Crippen LogP contribution is -2.15. The first-order valence-corrected chi connectivity index (χ1v) is 11.1. The molecule has 0 fully saturated rings. The summed E-state index contributed by atoms with van der Waals surface area (Å²) in [6.45, 7) is 1.84. The van der Waals surface area contributed by atoms with Crippen molar-refractivity contribution >= 4 is 27.1 Å². The van der Waals surface area contributed by atoms with E-state index in [0.717, 1.165) is 23.5 Å². The summed E-state index contributed by atoms with van der Waals surface area (Å²) in [5.41, 5.74) is -2.73. The van der Waals surface area contributed by atoms with Crippen molar-refractivity contribution in [3.63, 3.8) is 0 Å². The topological polar surface area (TPSA) is 71.7 Å². The van der Waals surface area contributed by atoms with Gasteiger partial charge in [-0.25, -0.2) is 4.99 Å². The van der Waals surface area contributed by atoms with Gasteiger partial charge >= 0.3 is 12.4 Å². The number of aromatic nitrogens is 1. The van der Waals surface area contributed by atoms with Gasteiger partial charge in [-0.3, -0.25) is 4.55 Å². The first-order valence-electron chi connectivity index (χ1n) is 8.80. The van der Waals surface area contributed by atoms with Crippen molar-refractivity contribution < 1.29 is 39.3 Å². The molecule has 32 heavy (non-hydrogen) atoms. The smallest absolute Gasteiger partial charge is 0.317 e. The van der Waals surface area contributed by atoms with Crippen molar-refractivity contribution in [3.05, 3.63) is 63.8 Å². The van der Waals surface area contributed by atoms with Crippen LogP contribution in [0.3, 0.4) is 0 Å². The fourth-order valence-electron chi connectivity index (χ4n) is 2.86. The summed E-state index contributed by atoms with van der Waals surface area (Å²) in [5, 5.41) is 1.39. The van der Waals surface area contributed by atoms with E-state index in [0.29, 0.717) is 12.1 Å². The zero-order chi connectivity index (χ0) is 23.9. The Bertz CT molecular complexity index is 1270. The number of rotatable bonds is 4. The second-order valence-electron chi connectivity index (χ2n) is 6.52. The number of hydrogen-bond donors (Lipinski definition) is 1. The van der Waals surface area contributed by atoms with Crippen LogP contribution in [-0.2, 0) is 29.0 Å². The average Bonchev–Trinajstić information content (AvgIpc) is 3.08. The number of alkyl halides is 6. The number of thiazole rings is 1. The van der Waals surface area contributed by atoms with E-state index in [-0.39, 0.29) is 39.3 Å². The molecule has 5 nitrogen and oxygen atoms in total. The normalized spacial score (nSPS) is 13.6. The lowest BCUT2D eigenvalue weighted by atomic mass is 10.0. The Morgan fingerprint density at radius 2 is 1.50 bits per heavy atom. The number of hydrogen-bond acceptors (Lipinski definition) is 4. The predicted molar refractivity (Wildman–Crippen MR) is 105 cm³/mol. The Balaban J connectivity index is 2.15. The maximum absolute atomic E-state index is 13.2. The van der Waals surface area contributed by atoms with Crippen LogP contribution in [0.1, 0.15) is 18.1 Å². The van der Waals surface area contributed by atoms with Crippen LogP contribution in [0.4, 0.5) is 32.0 Å². The highest BCUT2D eigenvalue weighted by Crippen LogP contribution is 2.38. The molecule has 1 aromatic heterocycles. The zero-order valence-corrected chi connectivity index (χ0v) is 17.7. The van der Waals surface area contributed by atoms with Gasteiger partial charge < -0.3 is 4.57 Å². The van der Waals surface area contributed by atoms with Gasteiger partial charge in [0.15, 0.2) is 4.80 Å². The highest BCUT2D eigenvalue weighted by atomic mass is 32.2. The first kappa shape index (κ1) is 24.0. The Kier molecular flexibility index (Phi) is 6.28. The van der Waals surface area contributed by atoms with Gasteiger partial charge in [-0.1, -0.05) is 0 Å². The fraction of sp³-hybridized carbons (Fsp3) is 0.211. The largest absolute Gasteiger partial charge is 0.416 e. The summed E-state index contributed by atoms with van der Waals surface area (Å²) in [6, 6.07) is 6.18. The molecule has 0 saturated carbocycles. The molecule has 0 spiro atoms. The molecule has 13 heteroatoms. The van der Waals surface area contributed by atoms with Gasteiger partial charge in [-0.15, -0.1) is 11.3 Å². The molecule has 1 heterocycles. The van der Waals surface area contributed by atoms with Crippen LogP contribution >= 0.6 is 11.3 Å². The monoisotopic (exact) mass is 496 g/mol. The van der Waals surface area contributed by atoms with E-state index in [1.54, 1.807) is 6.92 Å². The van der Waals surface area contributed by atoms with Crippen molar-refractivity contribution in [2.24, 2.45) is 4.99 Å². The van der Waals surface area contributed by atoms with Gasteiger partial charge in [0.2, 0.25) is 0 Å². The van der Waals surface area contributed by atoms with E-state index in [4.69, 9.17) is 4.55 Å². The van der Waals surface area contributed by atoms with Gasteiger partial charge in [0, 0.05) is 17.5 Å². The Hall–Kier alpha value is -2.64. The molecule has 0 amide bonds. The van der Waals surface area contributed by atoms with Crippen molar-refractivity contribution in [1.82, 2.24) is 4.57 Å². The lowest BCUT2D eigenvalue weighted by Gasteiger charge is -2.15. The van der Waals surface area contributed by atoms with Gasteiger partial charge in [0.1, 0.15) is 0 Å². The predicted octanol–water partition coefficient (Wildman–Crippen LogP) is 5.75. The summed E-state index contributed by atoms with van der Waals surface area (Å²) >= 11 is 0.993. The quantitative estimate of drug-likeness (QED) is 0.369. The Labute approximate surface area is 182 Å². The van der Waals surface area contributed by atoms with E-state index in [1.807, 2.05) is 0 Å². The molecule has 3 rings (SSSR count). The molecule has 0 atom stereocenters. The maximum Gasteiger partial charge on any atom is 0.416 e. The van der Waals surface area contributed by atoms with E-state index >= 15 is 0 Å². The second kappa shape index (κ2) is 8.37. The van der Waals surface area contributed by atoms with Crippen molar-refractivity contribution in [3.8, 4) is 11.3 Å². The zero-order valence-electron chi connectivity index (χ0n) is 16.1. The molecule has 0 aliphatic carbocycles. The van der Waals surface area contributed by atoms with E-state index in [2.05, 4.69) is 4.99 Å². The minimum absolute atomic E-state index is 0.0637. The number of benzene rings is 2. The SMILES string of the molecule is CCn1c(-c2cc(C(F)(F)F)cc(C(F)(F)F)c2)cs/c1=N\c1ccc(S(=O)(=O)O)cc1. The minimum Gasteiger partial charge on any atom is -0.317 e. The summed E-state index contributed by atoms with van der Waals surface area (Å²) in [7, 11) is -4.40. The number of nitrogens with zero attached hydrogens (tertiary/aromatic N) is 2. The van der Waals surface area contributed by atoms with Crippen LogP contribution < -0.4 is 4.80 Å². The molecular formula is C19H14F6N2O3S2. The highest BCUT2D eigenvalue weighted by Gasteiger charge is 2.37. The molecule has 0 radical (unpaired) electrons. The summed E-state index contributed by atoms with van der Waals surface area (Å²) < 4.78 is 112. The Morgan fingerprint density at radius 3 is 1.94 bits per heavy atom. The van der Waals surface area contributed by atoms with Gasteiger partial charge in [-0.05, 0) is 49.4 Å². The van der Waals surface area contributed by atoms with Crippen LogP contribution in [0, 0.1) is 0 Å². The van der Waals surface area contributed by atoms with Crippen LogP contribution in [0.25, 0.3) is 11.3 Å². The van der Waals surface area contributed by atoms with E-state index in [9.17, 15) is 34.8 Å². The first-order chi connectivity index (χ1) is 14.7. The summed E-state index contributed by atoms with van der Waals surface area (Å²) in [6.07, 6.45) is -9.93. The molecule has 0 aliphatic heterocycles. The van der Waals surface area contributed by atoms with E-state index in [1.165, 1.54) is 22.1 Å². The summed E-state index contributed by atoms with van der Waals surface area (Å²) in [5.74, 6) is 0. The molecule has 0 unspecified atom stereocenters. The van der Waals surface area contributed by atoms with Crippen molar-refractivity contribution in [2.75, 3.05) is 0 Å². The van der Waals surface area contributed by atoms with Crippen molar-refractivity contribution in [1.29, 1.82) is 0 Å². The Morgan fingerprint density at radius 1 is 0.969 bits per heavy atom. The average molecular weight is 496 g/mol. The van der Waals surface area contributed by atoms with Crippen molar-refractivity contribution in [2.45, 2.75) is 30.7 Å². The molecule has 0 aliphatic rings. The molecule has 1 N–H and O–H groups in total. The molecule has 3 aromatic rings. The minimum atomic E-state index is -4.97. The third-order valence-corrected chi connectivity index (χ3v) is 6.09. The van der Waals surface area contributed by atoms with E-state index < -0.39 is 33.6 Å². The van der Waals surface area contributed by atoms with Crippen LogP contribution in [-0.4, -0.2) is 17.5 Å². The molecular weight excluding hydrogens is 482 g/mol. The third kappa shape index (κ3) is 5.22. The van der Waals surface area contributed by atoms with Crippen LogP contribution in [0.2, 0.25) is 0 Å².